The lowest BCUT2D eigenvalue weighted by Crippen LogP contribution is -2.01. The van der Waals surface area contributed by atoms with E-state index < -0.39 is 0 Å². The summed E-state index contributed by atoms with van der Waals surface area (Å²) in [6, 6.07) is 4.40. The Morgan fingerprint density at radius 3 is 2.62 bits per heavy atom. The van der Waals surface area contributed by atoms with Gasteiger partial charge in [-0.25, -0.2) is 0 Å². The van der Waals surface area contributed by atoms with Crippen LogP contribution in [0.1, 0.15) is 48.5 Å². The normalized spacial score (nSPS) is 18.0. The number of fused-ring (bicyclic) bond motifs is 1. The molecule has 0 saturated heterocycles. The number of unbranched alkanes of at least 4 members (excludes halogenated alkanes) is 2. The van der Waals surface area contributed by atoms with Gasteiger partial charge in [0.1, 0.15) is 0 Å². The number of alkyl halides is 1. The van der Waals surface area contributed by atoms with E-state index in [0.717, 1.165) is 23.2 Å². The molecule has 0 bridgehead atoms. The predicted molar refractivity (Wildman–Crippen MR) is 95.3 cm³/mol. The maximum absolute atomic E-state index is 5.49. The number of rotatable bonds is 7. The SMILES string of the molecule is COc1cc2c(cc1OC)C(CCCCCBr)SCCC2. The smallest absolute Gasteiger partial charge is 0.161 e. The Morgan fingerprint density at radius 2 is 1.90 bits per heavy atom. The minimum atomic E-state index is 0.609. The van der Waals surface area contributed by atoms with Gasteiger partial charge < -0.3 is 9.47 Å². The van der Waals surface area contributed by atoms with Crippen LogP contribution in [0.2, 0.25) is 0 Å². The first-order valence-corrected chi connectivity index (χ1v) is 9.89. The van der Waals surface area contributed by atoms with Gasteiger partial charge in [-0.3, -0.25) is 0 Å². The van der Waals surface area contributed by atoms with Gasteiger partial charge in [0.25, 0.3) is 0 Å². The third kappa shape index (κ3) is 4.56. The molecule has 1 unspecified atom stereocenters. The first kappa shape index (κ1) is 17.0. The molecule has 1 aliphatic heterocycles. The molecular formula is C17H25BrO2S. The van der Waals surface area contributed by atoms with Crippen LogP contribution < -0.4 is 9.47 Å². The number of methoxy groups -OCH3 is 2. The molecule has 1 aromatic rings. The topological polar surface area (TPSA) is 18.5 Å². The van der Waals surface area contributed by atoms with E-state index in [0.29, 0.717) is 5.25 Å². The zero-order chi connectivity index (χ0) is 15.1. The third-order valence-corrected chi connectivity index (χ3v) is 5.98. The molecule has 0 N–H and O–H groups in total. The summed E-state index contributed by atoms with van der Waals surface area (Å²) in [5, 5.41) is 1.73. The lowest BCUT2D eigenvalue weighted by molar-refractivity contribution is 0.354. The van der Waals surface area contributed by atoms with Gasteiger partial charge in [0.05, 0.1) is 14.2 Å². The fraction of sp³-hybridized carbons (Fsp3) is 0.647. The molecule has 21 heavy (non-hydrogen) atoms. The summed E-state index contributed by atoms with van der Waals surface area (Å²) in [5.41, 5.74) is 2.91. The summed E-state index contributed by atoms with van der Waals surface area (Å²) in [6.45, 7) is 0. The molecule has 2 rings (SSSR count). The summed E-state index contributed by atoms with van der Waals surface area (Å²) in [7, 11) is 3.44. The van der Waals surface area contributed by atoms with Gasteiger partial charge in [-0.15, -0.1) is 0 Å². The van der Waals surface area contributed by atoms with Crippen molar-refractivity contribution in [3.05, 3.63) is 23.3 Å². The van der Waals surface area contributed by atoms with E-state index in [-0.39, 0.29) is 0 Å². The van der Waals surface area contributed by atoms with Gasteiger partial charge in [-0.2, -0.15) is 11.8 Å². The molecule has 0 aliphatic carbocycles. The molecule has 118 valence electrons. The lowest BCUT2D eigenvalue weighted by atomic mass is 9.97. The van der Waals surface area contributed by atoms with E-state index in [4.69, 9.17) is 9.47 Å². The first-order valence-electron chi connectivity index (χ1n) is 7.72. The number of halogens is 1. The maximum Gasteiger partial charge on any atom is 0.161 e. The van der Waals surface area contributed by atoms with Crippen molar-refractivity contribution in [2.75, 3.05) is 25.3 Å². The molecule has 0 fully saturated rings. The van der Waals surface area contributed by atoms with Crippen molar-refractivity contribution in [3.8, 4) is 11.5 Å². The van der Waals surface area contributed by atoms with Gasteiger partial charge >= 0.3 is 0 Å². The van der Waals surface area contributed by atoms with E-state index >= 15 is 0 Å². The standard InChI is InChI=1S/C17H25BrO2S/c1-19-15-11-13-7-6-10-21-17(8-4-3-5-9-18)14(13)12-16(15)20-2/h11-12,17H,3-10H2,1-2H3. The highest BCUT2D eigenvalue weighted by Gasteiger charge is 2.21. The molecule has 0 saturated carbocycles. The van der Waals surface area contributed by atoms with E-state index in [2.05, 4.69) is 39.8 Å². The summed E-state index contributed by atoms with van der Waals surface area (Å²) in [5.74, 6) is 2.98. The largest absolute Gasteiger partial charge is 0.493 e. The molecule has 0 aromatic heterocycles. The third-order valence-electron chi connectivity index (χ3n) is 4.00. The molecule has 1 atom stereocenters. The summed E-state index contributed by atoms with van der Waals surface area (Å²) in [6.07, 6.45) is 7.56. The lowest BCUT2D eigenvalue weighted by Gasteiger charge is -2.19. The molecule has 0 radical (unpaired) electrons. The molecule has 2 nitrogen and oxygen atoms in total. The summed E-state index contributed by atoms with van der Waals surface area (Å²) < 4.78 is 10.9. The second-order valence-corrected chi connectivity index (χ2v) is 7.51. The Labute approximate surface area is 141 Å². The van der Waals surface area contributed by atoms with Crippen LogP contribution in [0.3, 0.4) is 0 Å². The van der Waals surface area contributed by atoms with Crippen molar-refractivity contribution in [1.82, 2.24) is 0 Å². The van der Waals surface area contributed by atoms with E-state index in [1.165, 1.54) is 49.0 Å². The van der Waals surface area contributed by atoms with Crippen LogP contribution in [0.5, 0.6) is 11.5 Å². The molecule has 1 aliphatic rings. The van der Waals surface area contributed by atoms with Crippen molar-refractivity contribution < 1.29 is 9.47 Å². The van der Waals surface area contributed by atoms with Crippen molar-refractivity contribution >= 4 is 27.7 Å². The van der Waals surface area contributed by atoms with Gasteiger partial charge in [0.2, 0.25) is 0 Å². The molecular weight excluding hydrogens is 348 g/mol. The van der Waals surface area contributed by atoms with Gasteiger partial charge in [-0.1, -0.05) is 28.8 Å². The molecule has 0 amide bonds. The summed E-state index contributed by atoms with van der Waals surface area (Å²) in [4.78, 5) is 0. The summed E-state index contributed by atoms with van der Waals surface area (Å²) >= 11 is 5.62. The average molecular weight is 373 g/mol. The van der Waals surface area contributed by atoms with Crippen LogP contribution in [-0.2, 0) is 6.42 Å². The first-order chi connectivity index (χ1) is 10.3. The number of hydrogen-bond acceptors (Lipinski definition) is 3. The Kier molecular flexibility index (Phi) is 7.24. The Bertz CT molecular complexity index is 451. The number of ether oxygens (including phenoxy) is 2. The average Bonchev–Trinajstić information content (AvgIpc) is 2.72. The minimum Gasteiger partial charge on any atom is -0.493 e. The number of benzene rings is 1. The highest BCUT2D eigenvalue weighted by Crippen LogP contribution is 2.43. The quantitative estimate of drug-likeness (QED) is 0.472. The molecule has 1 heterocycles. The van der Waals surface area contributed by atoms with Gasteiger partial charge in [0.15, 0.2) is 11.5 Å². The van der Waals surface area contributed by atoms with Crippen LogP contribution in [0, 0.1) is 0 Å². The highest BCUT2D eigenvalue weighted by molar-refractivity contribution is 9.09. The second kappa shape index (κ2) is 8.94. The van der Waals surface area contributed by atoms with Crippen molar-refractivity contribution in [2.24, 2.45) is 0 Å². The van der Waals surface area contributed by atoms with Gasteiger partial charge in [0, 0.05) is 10.6 Å². The highest BCUT2D eigenvalue weighted by atomic mass is 79.9. The molecule has 4 heteroatoms. The fourth-order valence-corrected chi connectivity index (χ4v) is 4.60. The van der Waals surface area contributed by atoms with Crippen molar-refractivity contribution in [1.29, 1.82) is 0 Å². The number of hydrogen-bond donors (Lipinski definition) is 0. The second-order valence-electron chi connectivity index (χ2n) is 5.41. The van der Waals surface area contributed by atoms with E-state index in [1.54, 1.807) is 14.2 Å². The maximum atomic E-state index is 5.49. The van der Waals surface area contributed by atoms with E-state index in [9.17, 15) is 0 Å². The Morgan fingerprint density at radius 1 is 1.14 bits per heavy atom. The fourth-order valence-electron chi connectivity index (χ4n) is 2.87. The molecule has 0 spiro atoms. The molecule has 1 aromatic carbocycles. The minimum absolute atomic E-state index is 0.609. The van der Waals surface area contributed by atoms with Crippen molar-refractivity contribution in [2.45, 2.75) is 43.8 Å². The monoisotopic (exact) mass is 372 g/mol. The van der Waals surface area contributed by atoms with Gasteiger partial charge in [-0.05, 0) is 54.7 Å². The number of aryl methyl sites for hydroxylation is 1. The van der Waals surface area contributed by atoms with Crippen LogP contribution >= 0.6 is 27.7 Å². The van der Waals surface area contributed by atoms with Crippen LogP contribution in [0.15, 0.2) is 12.1 Å². The van der Waals surface area contributed by atoms with Crippen LogP contribution in [-0.4, -0.2) is 25.3 Å². The van der Waals surface area contributed by atoms with Crippen LogP contribution in [0.4, 0.5) is 0 Å². The van der Waals surface area contributed by atoms with Crippen LogP contribution in [0.25, 0.3) is 0 Å². The zero-order valence-electron chi connectivity index (χ0n) is 13.0. The Balaban J connectivity index is 2.18. The zero-order valence-corrected chi connectivity index (χ0v) is 15.4. The predicted octanol–water partition coefficient (Wildman–Crippen LogP) is 5.38. The number of thioether (sulfide) groups is 1. The van der Waals surface area contributed by atoms with E-state index in [1.807, 2.05) is 0 Å². The Hall–Kier alpha value is -0.350. The van der Waals surface area contributed by atoms with Crippen molar-refractivity contribution in [3.63, 3.8) is 0 Å².